The Balaban J connectivity index is 1.95. The number of imidazole rings is 1. The molecular formula is C15H15ClN6O. The summed E-state index contributed by atoms with van der Waals surface area (Å²) in [7, 11) is 0. The number of H-pyrrole nitrogens is 1. The van der Waals surface area contributed by atoms with Gasteiger partial charge in [0.05, 0.1) is 5.69 Å². The quantitative estimate of drug-likeness (QED) is 0.690. The van der Waals surface area contributed by atoms with Gasteiger partial charge >= 0.3 is 5.69 Å². The zero-order valence-corrected chi connectivity index (χ0v) is 13.0. The molecule has 118 valence electrons. The molecular weight excluding hydrogens is 316 g/mol. The minimum absolute atomic E-state index is 0.134. The fraction of sp³-hybridized carbons (Fsp3) is 0.267. The Labute approximate surface area is 136 Å². The number of hydrogen-bond donors (Lipinski definition) is 2. The first-order valence-electron chi connectivity index (χ1n) is 7.43. The molecule has 23 heavy (non-hydrogen) atoms. The third-order valence-electron chi connectivity index (χ3n) is 3.92. The molecule has 0 spiro atoms. The lowest BCUT2D eigenvalue weighted by Gasteiger charge is -2.28. The van der Waals surface area contributed by atoms with E-state index in [-0.39, 0.29) is 11.0 Å². The van der Waals surface area contributed by atoms with Gasteiger partial charge in [0.1, 0.15) is 5.52 Å². The molecule has 1 saturated heterocycles. The Kier molecular flexibility index (Phi) is 3.51. The van der Waals surface area contributed by atoms with Crippen LogP contribution < -0.4 is 15.9 Å². The standard InChI is InChI=1S/C15H15ClN6O/c16-14-19-12(21-8-6-17-7-9-21)11-13(20-14)22(15(23)18-11)10-4-2-1-3-5-10/h1-5,17H,6-9H2,(H,18,23). The average Bonchev–Trinajstić information content (AvgIpc) is 2.91. The fourth-order valence-corrected chi connectivity index (χ4v) is 3.03. The van der Waals surface area contributed by atoms with Crippen molar-refractivity contribution in [3.8, 4) is 5.69 Å². The molecule has 0 aliphatic carbocycles. The van der Waals surface area contributed by atoms with Gasteiger partial charge in [0.25, 0.3) is 0 Å². The van der Waals surface area contributed by atoms with Gasteiger partial charge in [-0.1, -0.05) is 18.2 Å². The van der Waals surface area contributed by atoms with Crippen LogP contribution >= 0.6 is 11.6 Å². The zero-order chi connectivity index (χ0) is 15.8. The minimum atomic E-state index is -0.251. The maximum absolute atomic E-state index is 12.5. The summed E-state index contributed by atoms with van der Waals surface area (Å²) >= 11 is 6.12. The highest BCUT2D eigenvalue weighted by molar-refractivity contribution is 6.28. The van der Waals surface area contributed by atoms with Crippen LogP contribution in [0.4, 0.5) is 5.82 Å². The Hall–Kier alpha value is -2.38. The van der Waals surface area contributed by atoms with Crippen LogP contribution in [0.5, 0.6) is 0 Å². The summed E-state index contributed by atoms with van der Waals surface area (Å²) in [6.45, 7) is 3.35. The normalized spacial score (nSPS) is 15.3. The molecule has 7 nitrogen and oxygen atoms in total. The van der Waals surface area contributed by atoms with Crippen molar-refractivity contribution in [1.29, 1.82) is 0 Å². The summed E-state index contributed by atoms with van der Waals surface area (Å²) in [4.78, 5) is 26.1. The smallest absolute Gasteiger partial charge is 0.332 e. The molecule has 4 rings (SSSR count). The molecule has 1 fully saturated rings. The number of halogens is 1. The van der Waals surface area contributed by atoms with E-state index in [9.17, 15) is 4.79 Å². The van der Waals surface area contributed by atoms with Crippen molar-refractivity contribution in [1.82, 2.24) is 24.8 Å². The average molecular weight is 331 g/mol. The van der Waals surface area contributed by atoms with Crippen molar-refractivity contribution in [2.45, 2.75) is 0 Å². The third-order valence-corrected chi connectivity index (χ3v) is 4.09. The van der Waals surface area contributed by atoms with Crippen molar-refractivity contribution < 1.29 is 0 Å². The maximum Gasteiger partial charge on any atom is 0.332 e. The van der Waals surface area contributed by atoms with Crippen molar-refractivity contribution in [2.75, 3.05) is 31.1 Å². The number of rotatable bonds is 2. The Morgan fingerprint density at radius 1 is 1.09 bits per heavy atom. The second kappa shape index (κ2) is 5.68. The van der Waals surface area contributed by atoms with Gasteiger partial charge in [0.15, 0.2) is 11.5 Å². The van der Waals surface area contributed by atoms with Crippen molar-refractivity contribution in [2.24, 2.45) is 0 Å². The van der Waals surface area contributed by atoms with E-state index in [1.807, 2.05) is 30.3 Å². The van der Waals surface area contributed by atoms with E-state index in [4.69, 9.17) is 11.6 Å². The molecule has 1 aliphatic heterocycles. The van der Waals surface area contributed by atoms with Crippen LogP contribution in [0.3, 0.4) is 0 Å². The molecule has 0 saturated carbocycles. The van der Waals surface area contributed by atoms with E-state index in [0.717, 1.165) is 31.9 Å². The van der Waals surface area contributed by atoms with Gasteiger partial charge in [-0.2, -0.15) is 9.97 Å². The first-order valence-corrected chi connectivity index (χ1v) is 7.81. The number of nitrogens with one attached hydrogen (secondary N) is 2. The van der Waals surface area contributed by atoms with Crippen molar-refractivity contribution in [3.63, 3.8) is 0 Å². The first-order chi connectivity index (χ1) is 11.2. The van der Waals surface area contributed by atoms with Crippen LogP contribution in [-0.2, 0) is 0 Å². The van der Waals surface area contributed by atoms with Gasteiger partial charge in [0.2, 0.25) is 5.28 Å². The van der Waals surface area contributed by atoms with Gasteiger partial charge in [-0.15, -0.1) is 0 Å². The molecule has 1 aliphatic rings. The number of nitrogens with zero attached hydrogens (tertiary/aromatic N) is 4. The lowest BCUT2D eigenvalue weighted by Crippen LogP contribution is -2.44. The van der Waals surface area contributed by atoms with Crippen molar-refractivity contribution in [3.05, 3.63) is 46.1 Å². The van der Waals surface area contributed by atoms with E-state index in [0.29, 0.717) is 17.0 Å². The minimum Gasteiger partial charge on any atom is -0.352 e. The topological polar surface area (TPSA) is 78.8 Å². The second-order valence-electron chi connectivity index (χ2n) is 5.35. The first kappa shape index (κ1) is 14.2. The lowest BCUT2D eigenvalue weighted by atomic mass is 10.3. The molecule has 0 unspecified atom stereocenters. The SMILES string of the molecule is O=c1[nH]c2c(N3CCNCC3)nc(Cl)nc2n1-c1ccccc1. The predicted octanol–water partition coefficient (Wildman–Crippen LogP) is 1.17. The third kappa shape index (κ3) is 2.47. The molecule has 0 radical (unpaired) electrons. The van der Waals surface area contributed by atoms with Gasteiger partial charge in [-0.3, -0.25) is 0 Å². The van der Waals surface area contributed by atoms with E-state index >= 15 is 0 Å². The number of para-hydroxylation sites is 1. The predicted molar refractivity (Wildman–Crippen MR) is 89.6 cm³/mol. The van der Waals surface area contributed by atoms with Crippen LogP contribution in [0.2, 0.25) is 5.28 Å². The number of anilines is 1. The van der Waals surface area contributed by atoms with Gasteiger partial charge in [-0.25, -0.2) is 9.36 Å². The van der Waals surface area contributed by atoms with Crippen LogP contribution in [0.25, 0.3) is 16.9 Å². The molecule has 0 amide bonds. The van der Waals surface area contributed by atoms with Crippen LogP contribution in [0.1, 0.15) is 0 Å². The summed E-state index contributed by atoms with van der Waals surface area (Å²) in [5.41, 5.74) is 1.60. The van der Waals surface area contributed by atoms with E-state index in [1.165, 1.54) is 4.57 Å². The number of aromatic amines is 1. The summed E-state index contributed by atoms with van der Waals surface area (Å²) in [5, 5.41) is 3.43. The zero-order valence-electron chi connectivity index (χ0n) is 12.3. The number of fused-ring (bicyclic) bond motifs is 1. The molecule has 0 bridgehead atoms. The summed E-state index contributed by atoms with van der Waals surface area (Å²) in [6, 6.07) is 9.36. The molecule has 3 heterocycles. The molecule has 3 aromatic rings. The second-order valence-corrected chi connectivity index (χ2v) is 5.69. The van der Waals surface area contributed by atoms with Gasteiger partial charge in [-0.05, 0) is 23.7 Å². The molecule has 2 N–H and O–H groups in total. The molecule has 2 aromatic heterocycles. The summed E-state index contributed by atoms with van der Waals surface area (Å²) in [6.07, 6.45) is 0. The van der Waals surface area contributed by atoms with E-state index in [1.54, 1.807) is 0 Å². The Morgan fingerprint density at radius 3 is 2.57 bits per heavy atom. The fourth-order valence-electron chi connectivity index (χ4n) is 2.87. The highest BCUT2D eigenvalue weighted by Crippen LogP contribution is 2.24. The van der Waals surface area contributed by atoms with Crippen LogP contribution in [0, 0.1) is 0 Å². The number of benzene rings is 1. The Morgan fingerprint density at radius 2 is 1.83 bits per heavy atom. The summed E-state index contributed by atoms with van der Waals surface area (Å²) < 4.78 is 1.52. The van der Waals surface area contributed by atoms with Crippen LogP contribution in [-0.4, -0.2) is 45.7 Å². The molecule has 0 atom stereocenters. The number of piperazine rings is 1. The van der Waals surface area contributed by atoms with Crippen LogP contribution in [0.15, 0.2) is 35.1 Å². The lowest BCUT2D eigenvalue weighted by molar-refractivity contribution is 0.586. The summed E-state index contributed by atoms with van der Waals surface area (Å²) in [5.74, 6) is 0.674. The highest BCUT2D eigenvalue weighted by atomic mass is 35.5. The Bertz CT molecular complexity index is 897. The van der Waals surface area contributed by atoms with Crippen molar-refractivity contribution >= 4 is 28.6 Å². The highest BCUT2D eigenvalue weighted by Gasteiger charge is 2.21. The van der Waals surface area contributed by atoms with Gasteiger partial charge in [0, 0.05) is 26.2 Å². The maximum atomic E-state index is 12.5. The largest absolute Gasteiger partial charge is 0.352 e. The van der Waals surface area contributed by atoms with Gasteiger partial charge < -0.3 is 15.2 Å². The number of aromatic nitrogens is 4. The van der Waals surface area contributed by atoms with E-state index in [2.05, 4.69) is 25.2 Å². The number of hydrogen-bond acceptors (Lipinski definition) is 5. The van der Waals surface area contributed by atoms with E-state index < -0.39 is 0 Å². The molecule has 1 aromatic carbocycles. The monoisotopic (exact) mass is 330 g/mol. The molecule has 8 heteroatoms.